The number of methoxy groups -OCH3 is 1. The molecule has 0 aromatic heterocycles. The molecule has 0 spiro atoms. The van der Waals surface area contributed by atoms with Gasteiger partial charge in [0.2, 0.25) is 5.91 Å². The van der Waals surface area contributed by atoms with Gasteiger partial charge in [-0.25, -0.2) is 5.43 Å². The van der Waals surface area contributed by atoms with Gasteiger partial charge in [-0.2, -0.15) is 5.10 Å². The first kappa shape index (κ1) is 20.0. The molecule has 0 aliphatic rings. The van der Waals surface area contributed by atoms with Crippen LogP contribution in [0.4, 0.5) is 5.69 Å². The summed E-state index contributed by atoms with van der Waals surface area (Å²) < 4.78 is 11.0. The van der Waals surface area contributed by atoms with Gasteiger partial charge in [-0.3, -0.25) is 9.59 Å². The fraction of sp³-hybridized carbons (Fsp3) is 0.250. The van der Waals surface area contributed by atoms with Gasteiger partial charge in [-0.15, -0.1) is 0 Å². The zero-order valence-electron chi connectivity index (χ0n) is 15.8. The second-order valence-corrected chi connectivity index (χ2v) is 6.04. The van der Waals surface area contributed by atoms with Crippen molar-refractivity contribution in [3.8, 4) is 11.5 Å². The Labute approximate surface area is 158 Å². The molecule has 0 heterocycles. The summed E-state index contributed by atoms with van der Waals surface area (Å²) in [6.07, 6.45) is 1.54. The van der Waals surface area contributed by atoms with Crippen LogP contribution < -0.4 is 20.2 Å². The van der Waals surface area contributed by atoms with Crippen molar-refractivity contribution >= 4 is 23.7 Å². The van der Waals surface area contributed by atoms with Crippen LogP contribution in [-0.2, 0) is 4.79 Å². The summed E-state index contributed by atoms with van der Waals surface area (Å²) in [4.78, 5) is 23.3. The smallest absolute Gasteiger partial charge is 0.271 e. The third kappa shape index (κ3) is 6.14. The van der Waals surface area contributed by atoms with E-state index in [0.717, 1.165) is 5.56 Å². The normalized spacial score (nSPS) is 10.7. The lowest BCUT2D eigenvalue weighted by Crippen LogP contribution is -2.18. The first-order chi connectivity index (χ1) is 12.9. The number of rotatable bonds is 7. The molecule has 0 radical (unpaired) electrons. The topological polar surface area (TPSA) is 89.0 Å². The van der Waals surface area contributed by atoms with Gasteiger partial charge >= 0.3 is 0 Å². The van der Waals surface area contributed by atoms with Crippen LogP contribution in [0, 0.1) is 0 Å². The van der Waals surface area contributed by atoms with Gasteiger partial charge in [0.15, 0.2) is 11.5 Å². The van der Waals surface area contributed by atoms with Crippen LogP contribution in [0.25, 0.3) is 0 Å². The molecule has 2 N–H and O–H groups in total. The number of hydrogen-bond acceptors (Lipinski definition) is 5. The minimum absolute atomic E-state index is 0.0333. The van der Waals surface area contributed by atoms with Gasteiger partial charge in [0.1, 0.15) is 0 Å². The molecule has 0 aliphatic carbocycles. The van der Waals surface area contributed by atoms with E-state index in [2.05, 4.69) is 15.8 Å². The molecule has 0 bridgehead atoms. The Kier molecular flexibility index (Phi) is 6.93. The summed E-state index contributed by atoms with van der Waals surface area (Å²) in [6, 6.07) is 12.0. The summed E-state index contributed by atoms with van der Waals surface area (Å²) >= 11 is 0. The highest BCUT2D eigenvalue weighted by Crippen LogP contribution is 2.28. The molecule has 7 heteroatoms. The van der Waals surface area contributed by atoms with Gasteiger partial charge in [0.25, 0.3) is 5.91 Å². The van der Waals surface area contributed by atoms with Crippen LogP contribution in [-0.4, -0.2) is 31.2 Å². The molecule has 2 aromatic carbocycles. The van der Waals surface area contributed by atoms with Gasteiger partial charge in [-0.1, -0.05) is 6.07 Å². The van der Waals surface area contributed by atoms with E-state index in [0.29, 0.717) is 22.7 Å². The largest absolute Gasteiger partial charge is 0.493 e. The first-order valence-electron chi connectivity index (χ1n) is 8.45. The summed E-state index contributed by atoms with van der Waals surface area (Å²) in [5, 5.41) is 6.60. The van der Waals surface area contributed by atoms with E-state index in [-0.39, 0.29) is 17.9 Å². The molecule has 0 fully saturated rings. The average molecular weight is 369 g/mol. The highest BCUT2D eigenvalue weighted by Gasteiger charge is 2.08. The Morgan fingerprint density at radius 3 is 2.56 bits per heavy atom. The molecule has 2 rings (SSSR count). The molecule has 0 atom stereocenters. The van der Waals surface area contributed by atoms with Crippen molar-refractivity contribution in [1.29, 1.82) is 0 Å². The second-order valence-electron chi connectivity index (χ2n) is 6.04. The Bertz CT molecular complexity index is 847. The fourth-order valence-electron chi connectivity index (χ4n) is 2.29. The van der Waals surface area contributed by atoms with E-state index in [4.69, 9.17) is 9.47 Å². The number of amides is 2. The van der Waals surface area contributed by atoms with Gasteiger partial charge in [0, 0.05) is 18.2 Å². The standard InChI is InChI=1S/C20H23N3O4/c1-13(2)27-18-9-8-15(10-19(18)26-4)12-21-23-20(25)16-6-5-7-17(11-16)22-14(3)24/h5-13H,1-4H3,(H,22,24)(H,23,25)/b21-12-. The number of carbonyl (C=O) groups excluding carboxylic acids is 2. The Morgan fingerprint density at radius 2 is 1.89 bits per heavy atom. The van der Waals surface area contributed by atoms with Gasteiger partial charge in [0.05, 0.1) is 19.4 Å². The molecule has 142 valence electrons. The molecule has 7 nitrogen and oxygen atoms in total. The van der Waals surface area contributed by atoms with Gasteiger partial charge in [-0.05, 0) is 55.8 Å². The number of hydrazone groups is 1. The Hall–Kier alpha value is -3.35. The molecular weight excluding hydrogens is 346 g/mol. The number of nitrogens with one attached hydrogen (secondary N) is 2. The van der Waals surface area contributed by atoms with Crippen LogP contribution in [0.5, 0.6) is 11.5 Å². The van der Waals surface area contributed by atoms with Crippen LogP contribution >= 0.6 is 0 Å². The molecule has 2 aromatic rings. The fourth-order valence-corrected chi connectivity index (χ4v) is 2.29. The van der Waals surface area contributed by atoms with Crippen molar-refractivity contribution in [3.05, 3.63) is 53.6 Å². The lowest BCUT2D eigenvalue weighted by atomic mass is 10.2. The van der Waals surface area contributed by atoms with Crippen molar-refractivity contribution in [2.45, 2.75) is 26.9 Å². The van der Waals surface area contributed by atoms with Crippen LogP contribution in [0.2, 0.25) is 0 Å². The van der Waals surface area contributed by atoms with Crippen LogP contribution in [0.3, 0.4) is 0 Å². The van der Waals surface area contributed by atoms with Crippen molar-refractivity contribution in [2.24, 2.45) is 5.10 Å². The molecule has 2 amide bonds. The third-order valence-electron chi connectivity index (χ3n) is 3.38. The maximum absolute atomic E-state index is 12.2. The molecule has 27 heavy (non-hydrogen) atoms. The van der Waals surface area contributed by atoms with Crippen LogP contribution in [0.15, 0.2) is 47.6 Å². The number of hydrogen-bond donors (Lipinski definition) is 2. The molecule has 0 unspecified atom stereocenters. The van der Waals surface area contributed by atoms with Crippen molar-refractivity contribution < 1.29 is 19.1 Å². The number of anilines is 1. The first-order valence-corrected chi connectivity index (χ1v) is 8.45. The predicted molar refractivity (Wildman–Crippen MR) is 105 cm³/mol. The molecule has 0 aliphatic heterocycles. The van der Waals surface area contributed by atoms with Crippen molar-refractivity contribution in [2.75, 3.05) is 12.4 Å². The summed E-state index contributed by atoms with van der Waals surface area (Å²) in [5.41, 5.74) is 4.14. The zero-order valence-corrected chi connectivity index (χ0v) is 15.8. The number of ether oxygens (including phenoxy) is 2. The van der Waals surface area contributed by atoms with Gasteiger partial charge < -0.3 is 14.8 Å². The summed E-state index contributed by atoms with van der Waals surface area (Å²) in [6.45, 7) is 5.28. The average Bonchev–Trinajstić information content (AvgIpc) is 2.62. The highest BCUT2D eigenvalue weighted by atomic mass is 16.5. The predicted octanol–water partition coefficient (Wildman–Crippen LogP) is 3.20. The van der Waals surface area contributed by atoms with E-state index in [1.165, 1.54) is 13.1 Å². The minimum Gasteiger partial charge on any atom is -0.493 e. The lowest BCUT2D eigenvalue weighted by Gasteiger charge is -2.13. The summed E-state index contributed by atoms with van der Waals surface area (Å²) in [5.74, 6) is 0.639. The minimum atomic E-state index is -0.384. The van der Waals surface area contributed by atoms with E-state index in [1.54, 1.807) is 43.5 Å². The van der Waals surface area contributed by atoms with E-state index >= 15 is 0 Å². The lowest BCUT2D eigenvalue weighted by molar-refractivity contribution is -0.114. The van der Waals surface area contributed by atoms with Crippen molar-refractivity contribution in [1.82, 2.24) is 5.43 Å². The SMILES string of the molecule is COc1cc(/C=N\NC(=O)c2cccc(NC(C)=O)c2)ccc1OC(C)C. The maximum atomic E-state index is 12.2. The monoisotopic (exact) mass is 369 g/mol. The summed E-state index contributed by atoms with van der Waals surface area (Å²) in [7, 11) is 1.56. The second kappa shape index (κ2) is 9.38. The van der Waals surface area contributed by atoms with Crippen LogP contribution in [0.1, 0.15) is 36.7 Å². The number of benzene rings is 2. The van der Waals surface area contributed by atoms with E-state index in [1.807, 2.05) is 19.9 Å². The van der Waals surface area contributed by atoms with E-state index < -0.39 is 0 Å². The Balaban J connectivity index is 2.04. The van der Waals surface area contributed by atoms with Crippen molar-refractivity contribution in [3.63, 3.8) is 0 Å². The van der Waals surface area contributed by atoms with E-state index in [9.17, 15) is 9.59 Å². The number of carbonyl (C=O) groups is 2. The highest BCUT2D eigenvalue weighted by molar-refractivity contribution is 5.97. The molecular formula is C20H23N3O4. The quantitative estimate of drug-likeness (QED) is 0.579. The number of nitrogens with zero attached hydrogens (tertiary/aromatic N) is 1. The third-order valence-corrected chi connectivity index (χ3v) is 3.38. The maximum Gasteiger partial charge on any atom is 0.271 e. The zero-order chi connectivity index (χ0) is 19.8. The molecule has 0 saturated heterocycles. The Morgan fingerprint density at radius 1 is 1.11 bits per heavy atom. The molecule has 0 saturated carbocycles.